The fraction of sp³-hybridized carbons (Fsp3) is 0.619. The lowest BCUT2D eigenvalue weighted by Gasteiger charge is -2.43. The molecule has 0 saturated carbocycles. The number of rotatable bonds is 37. The molecule has 0 N–H and O–H groups in total. The van der Waals surface area contributed by atoms with Gasteiger partial charge in [0, 0.05) is 27.5 Å². The molecular weight excluding hydrogens is 936 g/mol. The third-order valence-electron chi connectivity index (χ3n) is 16.1. The van der Waals surface area contributed by atoms with Gasteiger partial charge in [-0.15, -0.1) is 0 Å². The topological polar surface area (TPSA) is 3.24 Å². The van der Waals surface area contributed by atoms with E-state index in [9.17, 15) is 0 Å². The van der Waals surface area contributed by atoms with Crippen molar-refractivity contribution in [1.29, 1.82) is 0 Å². The maximum absolute atomic E-state index is 17.2. The first-order valence-electron chi connectivity index (χ1n) is 29.5. The van der Waals surface area contributed by atoms with Crippen LogP contribution in [0.1, 0.15) is 192 Å². The van der Waals surface area contributed by atoms with Gasteiger partial charge in [0.2, 0.25) is 0 Å². The molecular formula is C63H104FNP2Si3. The minimum atomic E-state index is -1.85. The van der Waals surface area contributed by atoms with Crippen LogP contribution in [0, 0.1) is 5.82 Å². The molecule has 70 heavy (non-hydrogen) atoms. The van der Waals surface area contributed by atoms with E-state index in [1.165, 1.54) is 186 Å². The van der Waals surface area contributed by atoms with Crippen molar-refractivity contribution in [2.24, 2.45) is 0 Å². The second-order valence-electron chi connectivity index (χ2n) is 21.9. The zero-order valence-corrected chi connectivity index (χ0v) is 51.9. The predicted octanol–water partition coefficient (Wildman–Crippen LogP) is 18.1. The van der Waals surface area contributed by atoms with E-state index >= 15 is 4.39 Å². The normalized spacial score (nSPS) is 13.0. The largest absolute Gasteiger partial charge is 0.242 e. The van der Waals surface area contributed by atoms with Crippen LogP contribution in [0.2, 0.25) is 54.4 Å². The maximum Gasteiger partial charge on any atom is 0.132 e. The molecule has 0 saturated heterocycles. The average molecular weight is 1040 g/mol. The number of halogens is 1. The molecule has 0 bridgehead atoms. The SMILES string of the molecule is CCCC[Si](CCCC)(CCCC)c1cccc(P(c2cccc([Si](CCCC)(CCCC)CCCC)c2)N(C(C)C)P(c2cccc([Si](CCCC)(CCCC)CCCC)c2)c2ccccc2F)c1. The van der Waals surface area contributed by atoms with Crippen LogP contribution in [0.15, 0.2) is 97.1 Å². The molecule has 1 atom stereocenters. The fourth-order valence-electron chi connectivity index (χ4n) is 11.9. The van der Waals surface area contributed by atoms with Crippen molar-refractivity contribution in [3.63, 3.8) is 0 Å². The molecule has 0 fully saturated rings. The van der Waals surface area contributed by atoms with Gasteiger partial charge >= 0.3 is 0 Å². The summed E-state index contributed by atoms with van der Waals surface area (Å²) < 4.78 is 20.1. The highest BCUT2D eigenvalue weighted by molar-refractivity contribution is 7.84. The quantitative estimate of drug-likeness (QED) is 0.0321. The predicted molar refractivity (Wildman–Crippen MR) is 329 cm³/mol. The molecule has 0 amide bonds. The summed E-state index contributed by atoms with van der Waals surface area (Å²) in [6.45, 7) is 26.4. The molecule has 4 aromatic carbocycles. The molecule has 7 heteroatoms. The van der Waals surface area contributed by atoms with E-state index in [0.717, 1.165) is 5.30 Å². The highest BCUT2D eigenvalue weighted by Gasteiger charge is 2.41. The molecule has 1 nitrogen and oxygen atoms in total. The summed E-state index contributed by atoms with van der Waals surface area (Å²) in [6.07, 6.45) is 23.2. The van der Waals surface area contributed by atoms with Gasteiger partial charge in [-0.1, -0.05) is 333 Å². The monoisotopic (exact) mass is 1040 g/mol. The second-order valence-corrected chi connectivity index (χ2v) is 40.3. The Morgan fingerprint density at radius 1 is 0.371 bits per heavy atom. The van der Waals surface area contributed by atoms with Gasteiger partial charge in [-0.2, -0.15) is 0 Å². The summed E-state index contributed by atoms with van der Waals surface area (Å²) in [5, 5.41) is 10.2. The van der Waals surface area contributed by atoms with Crippen LogP contribution in [0.3, 0.4) is 0 Å². The average Bonchev–Trinajstić information content (AvgIpc) is 3.38. The van der Waals surface area contributed by atoms with Gasteiger partial charge in [0.05, 0.1) is 24.2 Å². The van der Waals surface area contributed by atoms with Crippen LogP contribution in [0.5, 0.6) is 0 Å². The van der Waals surface area contributed by atoms with E-state index in [-0.39, 0.29) is 11.9 Å². The van der Waals surface area contributed by atoms with Gasteiger partial charge in [0.15, 0.2) is 0 Å². The molecule has 0 aromatic heterocycles. The van der Waals surface area contributed by atoms with Crippen molar-refractivity contribution in [3.05, 3.63) is 103 Å². The van der Waals surface area contributed by atoms with Crippen molar-refractivity contribution < 1.29 is 4.39 Å². The molecule has 0 aliphatic rings. The molecule has 4 rings (SSSR count). The van der Waals surface area contributed by atoms with E-state index in [0.29, 0.717) is 0 Å². The van der Waals surface area contributed by atoms with Crippen molar-refractivity contribution in [1.82, 2.24) is 4.44 Å². The van der Waals surface area contributed by atoms with Gasteiger partial charge in [-0.25, -0.2) is 8.83 Å². The maximum atomic E-state index is 17.2. The van der Waals surface area contributed by atoms with Crippen molar-refractivity contribution in [3.8, 4) is 0 Å². The molecule has 4 aromatic rings. The molecule has 0 aliphatic carbocycles. The van der Waals surface area contributed by atoms with Crippen LogP contribution in [0.4, 0.5) is 4.39 Å². The summed E-state index contributed by atoms with van der Waals surface area (Å²) in [7, 11) is -7.86. The zero-order chi connectivity index (χ0) is 50.8. The van der Waals surface area contributed by atoms with Gasteiger partial charge in [0.25, 0.3) is 0 Å². The van der Waals surface area contributed by atoms with Gasteiger partial charge in [-0.05, 0) is 41.9 Å². The molecule has 0 radical (unpaired) electrons. The Kier molecular flexibility index (Phi) is 28.3. The Balaban J connectivity index is 2.19. The first-order chi connectivity index (χ1) is 34.0. The number of hydrogen-bond donors (Lipinski definition) is 0. The van der Waals surface area contributed by atoms with Crippen molar-refractivity contribution in [2.75, 3.05) is 0 Å². The van der Waals surface area contributed by atoms with Gasteiger partial charge in [-0.3, -0.25) is 0 Å². The Hall–Kier alpha value is -1.72. The minimum absolute atomic E-state index is 0.0520. The summed E-state index contributed by atoms with van der Waals surface area (Å²) >= 11 is 0. The minimum Gasteiger partial charge on any atom is -0.242 e. The second kappa shape index (κ2) is 32.6. The van der Waals surface area contributed by atoms with Crippen LogP contribution in [-0.4, -0.2) is 34.7 Å². The Bertz CT molecular complexity index is 1900. The smallest absolute Gasteiger partial charge is 0.132 e. The molecule has 390 valence electrons. The van der Waals surface area contributed by atoms with E-state index in [1.54, 1.807) is 21.6 Å². The number of benzene rings is 4. The van der Waals surface area contributed by atoms with Crippen LogP contribution in [-0.2, 0) is 0 Å². The summed E-state index contributed by atoms with van der Waals surface area (Å²) in [4.78, 5) is 0. The van der Waals surface area contributed by atoms with Gasteiger partial charge in [0.1, 0.15) is 5.82 Å². The first kappa shape index (κ1) is 60.8. The lowest BCUT2D eigenvalue weighted by atomic mass is 10.3. The third kappa shape index (κ3) is 16.6. The Labute approximate surface area is 438 Å². The summed E-state index contributed by atoms with van der Waals surface area (Å²) in [5.41, 5.74) is 0. The highest BCUT2D eigenvalue weighted by Crippen LogP contribution is 2.56. The third-order valence-corrected chi connectivity index (χ3v) is 38.5. The van der Waals surface area contributed by atoms with E-state index < -0.39 is 40.4 Å². The fourth-order valence-corrected chi connectivity index (χ4v) is 35.4. The van der Waals surface area contributed by atoms with Gasteiger partial charge < -0.3 is 0 Å². The zero-order valence-electron chi connectivity index (χ0n) is 47.1. The lowest BCUT2D eigenvalue weighted by Crippen LogP contribution is -2.50. The molecule has 0 spiro atoms. The Morgan fingerprint density at radius 3 is 0.900 bits per heavy atom. The molecule has 1 unspecified atom stereocenters. The van der Waals surface area contributed by atoms with Crippen LogP contribution < -0.4 is 36.8 Å². The van der Waals surface area contributed by atoms with E-state index in [1.807, 2.05) is 6.07 Å². The van der Waals surface area contributed by atoms with E-state index in [2.05, 4.69) is 166 Å². The summed E-state index contributed by atoms with van der Waals surface area (Å²) in [5.74, 6) is -0.0520. The lowest BCUT2D eigenvalue weighted by molar-refractivity contribution is 0.581. The molecule has 0 heterocycles. The van der Waals surface area contributed by atoms with Crippen molar-refractivity contribution in [2.45, 2.75) is 252 Å². The highest BCUT2D eigenvalue weighted by atomic mass is 31.2. The van der Waals surface area contributed by atoms with Crippen molar-refractivity contribution >= 4 is 77.1 Å². The number of unbranched alkanes of at least 4 members (excludes halogenated alkanes) is 9. The standard InChI is InChI=1S/C63H104FNP2Si3/c1-12-21-43-68(44-22-13-2,45-23-14-3)59-38-32-35-56(52-59)66(57-36-33-39-60(53-57)69(46-24-15-4,47-25-16-5)48-26-17-6)65(55(10)11)67(63-42-31-30-41-62(63)64)58-37-34-40-61(54-58)70(49-27-18-7,50-28-19-8)51-29-20-9/h30-42,52-55H,12-29,43-51H2,1-11H3. The number of hydrogen-bond acceptors (Lipinski definition) is 1. The first-order valence-corrected chi connectivity index (χ1v) is 39.9. The number of nitrogens with zero attached hydrogens (tertiary/aromatic N) is 1. The van der Waals surface area contributed by atoms with E-state index in [4.69, 9.17) is 0 Å². The Morgan fingerprint density at radius 2 is 0.643 bits per heavy atom. The van der Waals surface area contributed by atoms with Crippen LogP contribution >= 0.6 is 16.1 Å². The molecule has 0 aliphatic heterocycles. The summed E-state index contributed by atoms with van der Waals surface area (Å²) in [6, 6.07) is 51.3. The van der Waals surface area contributed by atoms with Crippen LogP contribution in [0.25, 0.3) is 0 Å².